The topological polar surface area (TPSA) is 43.8 Å². The summed E-state index contributed by atoms with van der Waals surface area (Å²) in [6.45, 7) is 2.91. The van der Waals surface area contributed by atoms with Crippen molar-refractivity contribution in [3.05, 3.63) is 59.7 Å². The van der Waals surface area contributed by atoms with E-state index in [1.54, 1.807) is 6.07 Å². The second-order valence-electron chi connectivity index (χ2n) is 5.15. The quantitative estimate of drug-likeness (QED) is 0.744. The van der Waals surface area contributed by atoms with E-state index in [9.17, 15) is 4.39 Å². The van der Waals surface area contributed by atoms with Crippen LogP contribution in [0.5, 0.6) is 0 Å². The molecule has 0 amide bonds. The highest BCUT2D eigenvalue weighted by molar-refractivity contribution is 5.76. The Labute approximate surface area is 123 Å². The lowest BCUT2D eigenvalue weighted by molar-refractivity contribution is 0.629. The van der Waals surface area contributed by atoms with Crippen molar-refractivity contribution in [1.29, 1.82) is 0 Å². The third-order valence-electron chi connectivity index (χ3n) is 3.72. The van der Waals surface area contributed by atoms with Gasteiger partial charge < -0.3 is 10.3 Å². The summed E-state index contributed by atoms with van der Waals surface area (Å²) in [7, 11) is 0. The molecule has 2 N–H and O–H groups in total. The molecule has 108 valence electrons. The first-order valence-electron chi connectivity index (χ1n) is 7.16. The Morgan fingerprint density at radius 2 is 1.86 bits per heavy atom. The molecule has 0 radical (unpaired) electrons. The molecule has 3 rings (SSSR count). The van der Waals surface area contributed by atoms with Crippen LogP contribution < -0.4 is 5.73 Å². The van der Waals surface area contributed by atoms with E-state index in [2.05, 4.69) is 16.5 Å². The maximum Gasteiger partial charge on any atom is 0.125 e. The molecule has 0 aliphatic carbocycles. The van der Waals surface area contributed by atoms with Crippen LogP contribution in [0.4, 0.5) is 10.1 Å². The third kappa shape index (κ3) is 2.75. The molecule has 0 fully saturated rings. The number of nitrogens with two attached hydrogens (primary N) is 1. The number of anilines is 1. The Bertz CT molecular complexity index is 760. The Hall–Kier alpha value is -2.36. The van der Waals surface area contributed by atoms with Gasteiger partial charge in [-0.1, -0.05) is 12.1 Å². The molecular weight excluding hydrogens is 265 g/mol. The van der Waals surface area contributed by atoms with Gasteiger partial charge in [0.2, 0.25) is 0 Å². The Kier molecular flexibility index (Phi) is 3.60. The van der Waals surface area contributed by atoms with Crippen molar-refractivity contribution in [1.82, 2.24) is 9.55 Å². The summed E-state index contributed by atoms with van der Waals surface area (Å²) < 4.78 is 15.5. The molecule has 0 aliphatic heterocycles. The number of aromatic nitrogens is 2. The number of benzene rings is 2. The van der Waals surface area contributed by atoms with E-state index in [4.69, 9.17) is 5.73 Å². The van der Waals surface area contributed by atoms with Gasteiger partial charge in [-0.05, 0) is 43.2 Å². The fourth-order valence-electron chi connectivity index (χ4n) is 2.64. The highest BCUT2D eigenvalue weighted by Crippen LogP contribution is 2.19. The van der Waals surface area contributed by atoms with Crippen molar-refractivity contribution in [2.75, 3.05) is 5.73 Å². The number of nitrogen functional groups attached to an aromatic ring is 1. The molecule has 0 saturated heterocycles. The van der Waals surface area contributed by atoms with E-state index in [1.807, 2.05) is 24.3 Å². The normalized spacial score (nSPS) is 11.1. The SMILES string of the molecule is CCn1c(CCc2ccc(N)cc2)nc2cc(F)ccc21. The van der Waals surface area contributed by atoms with Crippen LogP contribution in [0.1, 0.15) is 18.3 Å². The molecule has 0 saturated carbocycles. The molecule has 3 aromatic rings. The van der Waals surface area contributed by atoms with Crippen LogP contribution in [-0.2, 0) is 19.4 Å². The van der Waals surface area contributed by atoms with Crippen LogP contribution in [0.2, 0.25) is 0 Å². The Morgan fingerprint density at radius 3 is 2.57 bits per heavy atom. The number of rotatable bonds is 4. The first-order valence-corrected chi connectivity index (χ1v) is 7.16. The third-order valence-corrected chi connectivity index (χ3v) is 3.72. The second-order valence-corrected chi connectivity index (χ2v) is 5.15. The minimum Gasteiger partial charge on any atom is -0.399 e. The van der Waals surface area contributed by atoms with Gasteiger partial charge in [-0.3, -0.25) is 0 Å². The lowest BCUT2D eigenvalue weighted by Gasteiger charge is -2.06. The number of fused-ring (bicyclic) bond motifs is 1. The average molecular weight is 283 g/mol. The smallest absolute Gasteiger partial charge is 0.125 e. The average Bonchev–Trinajstić information content (AvgIpc) is 2.83. The second kappa shape index (κ2) is 5.56. The summed E-state index contributed by atoms with van der Waals surface area (Å²) in [6.07, 6.45) is 1.72. The molecule has 0 spiro atoms. The molecule has 0 atom stereocenters. The van der Waals surface area contributed by atoms with E-state index < -0.39 is 0 Å². The molecule has 3 nitrogen and oxygen atoms in total. The molecule has 0 bridgehead atoms. The van der Waals surface area contributed by atoms with Gasteiger partial charge in [-0.15, -0.1) is 0 Å². The van der Waals surface area contributed by atoms with Crippen LogP contribution in [-0.4, -0.2) is 9.55 Å². The summed E-state index contributed by atoms with van der Waals surface area (Å²) in [5.74, 6) is 0.753. The summed E-state index contributed by atoms with van der Waals surface area (Å²) in [6, 6.07) is 12.7. The fourth-order valence-corrected chi connectivity index (χ4v) is 2.64. The molecule has 2 aromatic carbocycles. The summed E-state index contributed by atoms with van der Waals surface area (Å²) >= 11 is 0. The van der Waals surface area contributed by atoms with Crippen LogP contribution in [0.25, 0.3) is 11.0 Å². The molecule has 1 aromatic heterocycles. The van der Waals surface area contributed by atoms with Gasteiger partial charge in [0.1, 0.15) is 11.6 Å². The van der Waals surface area contributed by atoms with Crippen molar-refractivity contribution in [3.8, 4) is 0 Å². The van der Waals surface area contributed by atoms with Crippen molar-refractivity contribution in [3.63, 3.8) is 0 Å². The van der Waals surface area contributed by atoms with E-state index in [1.165, 1.54) is 17.7 Å². The van der Waals surface area contributed by atoms with Gasteiger partial charge >= 0.3 is 0 Å². The van der Waals surface area contributed by atoms with Crippen LogP contribution in [0.3, 0.4) is 0 Å². The number of aryl methyl sites for hydroxylation is 3. The number of halogens is 1. The zero-order valence-electron chi connectivity index (χ0n) is 12.0. The Balaban J connectivity index is 1.87. The summed E-state index contributed by atoms with van der Waals surface area (Å²) in [5.41, 5.74) is 9.41. The monoisotopic (exact) mass is 283 g/mol. The summed E-state index contributed by atoms with van der Waals surface area (Å²) in [5, 5.41) is 0. The van der Waals surface area contributed by atoms with Crippen molar-refractivity contribution >= 4 is 16.7 Å². The van der Waals surface area contributed by atoms with Gasteiger partial charge in [0.05, 0.1) is 11.0 Å². The fraction of sp³-hybridized carbons (Fsp3) is 0.235. The maximum atomic E-state index is 13.3. The van der Waals surface area contributed by atoms with E-state index >= 15 is 0 Å². The molecule has 4 heteroatoms. The van der Waals surface area contributed by atoms with E-state index in [0.29, 0.717) is 0 Å². The minimum absolute atomic E-state index is 0.242. The number of imidazole rings is 1. The van der Waals surface area contributed by atoms with Crippen molar-refractivity contribution in [2.45, 2.75) is 26.3 Å². The lowest BCUT2D eigenvalue weighted by Crippen LogP contribution is -2.03. The zero-order valence-corrected chi connectivity index (χ0v) is 12.0. The standard InChI is InChI=1S/C17H18FN3/c1-2-21-16-9-6-13(18)11-15(16)20-17(21)10-5-12-3-7-14(19)8-4-12/h3-4,6-9,11H,2,5,10,19H2,1H3. The van der Waals surface area contributed by atoms with Crippen molar-refractivity contribution < 1.29 is 4.39 Å². The predicted octanol–water partition coefficient (Wildman–Crippen LogP) is 3.56. The first kappa shape index (κ1) is 13.6. The van der Waals surface area contributed by atoms with Gasteiger partial charge in [-0.25, -0.2) is 9.37 Å². The number of hydrogen-bond donors (Lipinski definition) is 1. The molecule has 0 aliphatic rings. The van der Waals surface area contributed by atoms with Gasteiger partial charge in [0.25, 0.3) is 0 Å². The highest BCUT2D eigenvalue weighted by atomic mass is 19.1. The minimum atomic E-state index is -0.242. The van der Waals surface area contributed by atoms with Crippen molar-refractivity contribution in [2.24, 2.45) is 0 Å². The van der Waals surface area contributed by atoms with Crippen LogP contribution >= 0.6 is 0 Å². The summed E-state index contributed by atoms with van der Waals surface area (Å²) in [4.78, 5) is 4.58. The first-order chi connectivity index (χ1) is 10.2. The maximum absolute atomic E-state index is 13.3. The van der Waals surface area contributed by atoms with Crippen LogP contribution in [0, 0.1) is 5.82 Å². The highest BCUT2D eigenvalue weighted by Gasteiger charge is 2.10. The predicted molar refractivity (Wildman–Crippen MR) is 83.6 cm³/mol. The zero-order chi connectivity index (χ0) is 14.8. The van der Waals surface area contributed by atoms with E-state index in [-0.39, 0.29) is 5.82 Å². The molecular formula is C17H18FN3. The number of nitrogens with zero attached hydrogens (tertiary/aromatic N) is 2. The van der Waals surface area contributed by atoms with Gasteiger partial charge in [0, 0.05) is 24.7 Å². The molecule has 1 heterocycles. The van der Waals surface area contributed by atoms with Gasteiger partial charge in [0.15, 0.2) is 0 Å². The Morgan fingerprint density at radius 1 is 1.10 bits per heavy atom. The van der Waals surface area contributed by atoms with Gasteiger partial charge in [-0.2, -0.15) is 0 Å². The molecule has 21 heavy (non-hydrogen) atoms. The largest absolute Gasteiger partial charge is 0.399 e. The number of hydrogen-bond acceptors (Lipinski definition) is 2. The van der Waals surface area contributed by atoms with Crippen LogP contribution in [0.15, 0.2) is 42.5 Å². The molecule has 0 unspecified atom stereocenters. The van der Waals surface area contributed by atoms with E-state index in [0.717, 1.165) is 41.9 Å². The lowest BCUT2D eigenvalue weighted by atomic mass is 10.1.